The summed E-state index contributed by atoms with van der Waals surface area (Å²) in [6.07, 6.45) is 0.279. The van der Waals surface area contributed by atoms with Gasteiger partial charge in [-0.3, -0.25) is 14.9 Å². The second kappa shape index (κ2) is 6.33. The third-order valence-electron chi connectivity index (χ3n) is 2.55. The van der Waals surface area contributed by atoms with Gasteiger partial charge in [0, 0.05) is 6.54 Å². The number of hydrogen-bond acceptors (Lipinski definition) is 4. The monoisotopic (exact) mass is 290 g/mol. The van der Waals surface area contributed by atoms with Gasteiger partial charge in [0.25, 0.3) is 5.69 Å². The van der Waals surface area contributed by atoms with Crippen LogP contribution in [0.4, 0.5) is 15.8 Å². The summed E-state index contributed by atoms with van der Waals surface area (Å²) in [5.41, 5.74) is -0.376. The van der Waals surface area contributed by atoms with Crippen molar-refractivity contribution in [2.24, 2.45) is 5.92 Å². The van der Waals surface area contributed by atoms with E-state index in [0.717, 1.165) is 12.1 Å². The number of rotatable bonds is 6. The van der Waals surface area contributed by atoms with Crippen LogP contribution in [0.25, 0.3) is 0 Å². The summed E-state index contributed by atoms with van der Waals surface area (Å²) in [7, 11) is 0. The smallest absolute Gasteiger partial charge is 0.306 e. The van der Waals surface area contributed by atoms with Crippen molar-refractivity contribution in [2.75, 3.05) is 11.9 Å². The first-order valence-electron chi connectivity index (χ1n) is 5.43. The Labute approximate surface area is 113 Å². The Morgan fingerprint density at radius 2 is 2.26 bits per heavy atom. The van der Waals surface area contributed by atoms with E-state index in [-0.39, 0.29) is 23.7 Å². The average molecular weight is 291 g/mol. The number of halogens is 2. The number of carboxylic acid groups (broad SMARTS) is 1. The fourth-order valence-electron chi connectivity index (χ4n) is 1.38. The molecular formula is C11H12ClFN2O4. The van der Waals surface area contributed by atoms with E-state index in [9.17, 15) is 19.3 Å². The molecule has 0 aromatic heterocycles. The highest BCUT2D eigenvalue weighted by molar-refractivity contribution is 6.31. The molecule has 0 aliphatic heterocycles. The summed E-state index contributed by atoms with van der Waals surface area (Å²) in [6, 6.07) is 1.84. The number of aliphatic carboxylic acids is 1. The van der Waals surface area contributed by atoms with Gasteiger partial charge in [-0.2, -0.15) is 0 Å². The number of nitrogens with zero attached hydrogens (tertiary/aromatic N) is 1. The predicted molar refractivity (Wildman–Crippen MR) is 68.0 cm³/mol. The first-order chi connectivity index (χ1) is 8.82. The summed E-state index contributed by atoms with van der Waals surface area (Å²) in [4.78, 5) is 20.6. The summed E-state index contributed by atoms with van der Waals surface area (Å²) >= 11 is 5.55. The van der Waals surface area contributed by atoms with E-state index >= 15 is 0 Å². The fourth-order valence-corrected chi connectivity index (χ4v) is 1.54. The van der Waals surface area contributed by atoms with Crippen molar-refractivity contribution >= 4 is 28.9 Å². The average Bonchev–Trinajstić information content (AvgIpc) is 2.32. The Hall–Kier alpha value is -1.89. The van der Waals surface area contributed by atoms with E-state index in [1.165, 1.54) is 6.92 Å². The summed E-state index contributed by atoms with van der Waals surface area (Å²) in [6.45, 7) is 1.73. The number of carboxylic acids is 1. The normalized spacial score (nSPS) is 11.9. The van der Waals surface area contributed by atoms with Crippen molar-refractivity contribution in [3.05, 3.63) is 33.1 Å². The lowest BCUT2D eigenvalue weighted by atomic mass is 10.1. The van der Waals surface area contributed by atoms with Crippen LogP contribution >= 0.6 is 11.6 Å². The van der Waals surface area contributed by atoms with Gasteiger partial charge in [0.1, 0.15) is 11.5 Å². The highest BCUT2D eigenvalue weighted by Crippen LogP contribution is 2.30. The fraction of sp³-hybridized carbons (Fsp3) is 0.364. The summed E-state index contributed by atoms with van der Waals surface area (Å²) in [5.74, 6) is -2.41. The third kappa shape index (κ3) is 4.06. The molecule has 2 N–H and O–H groups in total. The molecule has 0 heterocycles. The molecule has 8 heteroatoms. The molecule has 0 amide bonds. The summed E-state index contributed by atoms with van der Waals surface area (Å²) < 4.78 is 13.1. The van der Waals surface area contributed by atoms with Crippen molar-refractivity contribution in [1.82, 2.24) is 0 Å². The van der Waals surface area contributed by atoms with E-state index in [1.807, 2.05) is 0 Å². The van der Waals surface area contributed by atoms with Crippen molar-refractivity contribution in [3.63, 3.8) is 0 Å². The van der Waals surface area contributed by atoms with Gasteiger partial charge in [-0.15, -0.1) is 0 Å². The standard InChI is InChI=1S/C11H12ClFN2O4/c1-6(11(16)17)2-3-14-9-4-7(12)8(13)5-10(9)15(18)19/h4-6,14H,2-3H2,1H3,(H,16,17). The van der Waals surface area contributed by atoms with Crippen molar-refractivity contribution < 1.29 is 19.2 Å². The van der Waals surface area contributed by atoms with Gasteiger partial charge in [0.2, 0.25) is 0 Å². The van der Waals surface area contributed by atoms with E-state index in [1.54, 1.807) is 0 Å². The van der Waals surface area contributed by atoms with Gasteiger partial charge >= 0.3 is 5.97 Å². The molecule has 6 nitrogen and oxygen atoms in total. The SMILES string of the molecule is CC(CCNc1cc(Cl)c(F)cc1[N+](=O)[O-])C(=O)O. The lowest BCUT2D eigenvalue weighted by Crippen LogP contribution is -2.15. The minimum atomic E-state index is -0.951. The quantitative estimate of drug-likeness (QED) is 0.621. The number of anilines is 1. The van der Waals surface area contributed by atoms with E-state index in [2.05, 4.69) is 5.32 Å². The van der Waals surface area contributed by atoms with Gasteiger partial charge in [-0.25, -0.2) is 4.39 Å². The lowest BCUT2D eigenvalue weighted by Gasteiger charge is -2.10. The zero-order valence-electron chi connectivity index (χ0n) is 10.0. The predicted octanol–water partition coefficient (Wildman–Crippen LogP) is 2.91. The Morgan fingerprint density at radius 1 is 1.63 bits per heavy atom. The highest BCUT2D eigenvalue weighted by atomic mass is 35.5. The molecule has 1 unspecified atom stereocenters. The van der Waals surface area contributed by atoms with Crippen LogP contribution in [0.5, 0.6) is 0 Å². The van der Waals surface area contributed by atoms with Crippen molar-refractivity contribution in [1.29, 1.82) is 0 Å². The van der Waals surface area contributed by atoms with Gasteiger partial charge in [0.15, 0.2) is 0 Å². The number of carbonyl (C=O) groups is 1. The zero-order chi connectivity index (χ0) is 14.6. The van der Waals surface area contributed by atoms with Gasteiger partial charge < -0.3 is 10.4 Å². The van der Waals surface area contributed by atoms with E-state index in [4.69, 9.17) is 16.7 Å². The van der Waals surface area contributed by atoms with Crippen molar-refractivity contribution in [2.45, 2.75) is 13.3 Å². The van der Waals surface area contributed by atoms with Gasteiger partial charge in [-0.1, -0.05) is 18.5 Å². The molecule has 1 rings (SSSR count). The topological polar surface area (TPSA) is 92.5 Å². The minimum absolute atomic E-state index is 0.0639. The van der Waals surface area contributed by atoms with Crippen LogP contribution < -0.4 is 5.32 Å². The second-order valence-corrected chi connectivity index (χ2v) is 4.40. The molecule has 19 heavy (non-hydrogen) atoms. The molecule has 1 aromatic carbocycles. The van der Waals surface area contributed by atoms with E-state index < -0.39 is 28.3 Å². The molecule has 104 valence electrons. The zero-order valence-corrected chi connectivity index (χ0v) is 10.8. The molecule has 1 aromatic rings. The molecule has 0 aliphatic rings. The largest absolute Gasteiger partial charge is 0.481 e. The maximum Gasteiger partial charge on any atom is 0.306 e. The van der Waals surface area contributed by atoms with Gasteiger partial charge in [-0.05, 0) is 12.5 Å². The Balaban J connectivity index is 2.80. The number of nitrogens with one attached hydrogen (secondary N) is 1. The van der Waals surface area contributed by atoms with Crippen LogP contribution in [0.2, 0.25) is 5.02 Å². The molecule has 0 aliphatic carbocycles. The third-order valence-corrected chi connectivity index (χ3v) is 2.84. The molecule has 0 radical (unpaired) electrons. The summed E-state index contributed by atoms with van der Waals surface area (Å²) in [5, 5.41) is 21.9. The molecule has 0 saturated carbocycles. The van der Waals surface area contributed by atoms with Crippen LogP contribution in [0.3, 0.4) is 0 Å². The highest BCUT2D eigenvalue weighted by Gasteiger charge is 2.18. The second-order valence-electron chi connectivity index (χ2n) is 4.00. The Morgan fingerprint density at radius 3 is 2.79 bits per heavy atom. The van der Waals surface area contributed by atoms with Crippen LogP contribution in [-0.2, 0) is 4.79 Å². The first-order valence-corrected chi connectivity index (χ1v) is 5.80. The van der Waals surface area contributed by atoms with Crippen LogP contribution in [-0.4, -0.2) is 22.5 Å². The molecule has 0 fully saturated rings. The molecule has 0 saturated heterocycles. The van der Waals surface area contributed by atoms with Crippen LogP contribution in [0.1, 0.15) is 13.3 Å². The molecule has 1 atom stereocenters. The van der Waals surface area contributed by atoms with Crippen LogP contribution in [0.15, 0.2) is 12.1 Å². The lowest BCUT2D eigenvalue weighted by molar-refractivity contribution is -0.384. The molecular weight excluding hydrogens is 279 g/mol. The van der Waals surface area contributed by atoms with Crippen LogP contribution in [0, 0.1) is 21.8 Å². The van der Waals surface area contributed by atoms with Crippen molar-refractivity contribution in [3.8, 4) is 0 Å². The maximum absolute atomic E-state index is 13.1. The number of nitro groups is 1. The molecule has 0 bridgehead atoms. The van der Waals surface area contributed by atoms with E-state index in [0.29, 0.717) is 0 Å². The van der Waals surface area contributed by atoms with Gasteiger partial charge in [0.05, 0.1) is 21.9 Å². The number of nitro benzene ring substituents is 1. The Kier molecular flexibility index (Phi) is 5.05. The Bertz CT molecular complexity index is 510. The number of hydrogen-bond donors (Lipinski definition) is 2. The number of benzene rings is 1. The first kappa shape index (κ1) is 15.2. The molecule has 0 spiro atoms. The maximum atomic E-state index is 13.1. The minimum Gasteiger partial charge on any atom is -0.481 e.